The normalized spacial score (nSPS) is 11.9. The minimum absolute atomic E-state index is 0.699. The maximum absolute atomic E-state index is 3.32. The molecule has 1 aromatic heterocycles. The van der Waals surface area contributed by atoms with E-state index in [4.69, 9.17) is 0 Å². The fourth-order valence-electron chi connectivity index (χ4n) is 4.27. The van der Waals surface area contributed by atoms with E-state index in [2.05, 4.69) is 88.2 Å². The predicted octanol–water partition coefficient (Wildman–Crippen LogP) is 5.91. The summed E-state index contributed by atoms with van der Waals surface area (Å²) in [5.74, 6) is 6.59. The molecule has 0 radical (unpaired) electrons. The van der Waals surface area contributed by atoms with Gasteiger partial charge in [0.2, 0.25) is 0 Å². The Morgan fingerprint density at radius 1 is 0.739 bits per heavy atom. The second-order valence-corrected chi connectivity index (χ2v) is 13.0. The van der Waals surface area contributed by atoms with Crippen molar-refractivity contribution in [1.29, 1.82) is 0 Å². The molecule has 0 atom stereocenters. The highest BCUT2D eigenvalue weighted by Gasteiger charge is 2.44. The van der Waals surface area contributed by atoms with Crippen LogP contribution < -0.4 is 0 Å². The van der Waals surface area contributed by atoms with Gasteiger partial charge >= 0.3 is 0 Å². The van der Waals surface area contributed by atoms with E-state index in [9.17, 15) is 0 Å². The SMILES string of the molecule is CC(C)[Si](C(C)C)(C(C)C)n1ccc(C#Cc2ccccc2)c1. The molecule has 0 aliphatic carbocycles. The average molecular weight is 324 g/mol. The molecule has 0 aliphatic rings. The lowest BCUT2D eigenvalue weighted by molar-refractivity contribution is 0.765. The van der Waals surface area contributed by atoms with Crippen LogP contribution in [-0.2, 0) is 0 Å². The van der Waals surface area contributed by atoms with Crippen LogP contribution >= 0.6 is 0 Å². The fraction of sp³-hybridized carbons (Fsp3) is 0.429. The third kappa shape index (κ3) is 3.46. The van der Waals surface area contributed by atoms with Crippen LogP contribution in [0.5, 0.6) is 0 Å². The first-order valence-corrected chi connectivity index (χ1v) is 10.8. The van der Waals surface area contributed by atoms with E-state index in [-0.39, 0.29) is 0 Å². The lowest BCUT2D eigenvalue weighted by atomic mass is 10.2. The Morgan fingerprint density at radius 2 is 1.26 bits per heavy atom. The fourth-order valence-corrected chi connectivity index (χ4v) is 10.8. The molecule has 0 bridgehead atoms. The van der Waals surface area contributed by atoms with Gasteiger partial charge in [0.1, 0.15) is 0 Å². The Balaban J connectivity index is 2.39. The minimum Gasteiger partial charge on any atom is -0.378 e. The van der Waals surface area contributed by atoms with Crippen molar-refractivity contribution in [3.05, 3.63) is 59.9 Å². The Bertz CT molecular complexity index is 662. The van der Waals surface area contributed by atoms with Crippen molar-refractivity contribution in [2.45, 2.75) is 58.2 Å². The molecule has 2 aromatic rings. The van der Waals surface area contributed by atoms with Crippen molar-refractivity contribution in [2.75, 3.05) is 0 Å². The first-order chi connectivity index (χ1) is 10.9. The topological polar surface area (TPSA) is 4.93 Å². The number of benzene rings is 1. The predicted molar refractivity (Wildman–Crippen MR) is 103 cm³/mol. The number of hydrogen-bond acceptors (Lipinski definition) is 0. The molecule has 1 nitrogen and oxygen atoms in total. The summed E-state index contributed by atoms with van der Waals surface area (Å²) in [6.07, 6.45) is 4.55. The van der Waals surface area contributed by atoms with Gasteiger partial charge in [0.25, 0.3) is 0 Å². The molecule has 0 N–H and O–H groups in total. The largest absolute Gasteiger partial charge is 0.378 e. The van der Waals surface area contributed by atoms with E-state index in [0.717, 1.165) is 11.1 Å². The van der Waals surface area contributed by atoms with Gasteiger partial charge in [0, 0.05) is 17.3 Å². The van der Waals surface area contributed by atoms with Gasteiger partial charge in [0.15, 0.2) is 8.24 Å². The highest BCUT2D eigenvalue weighted by molar-refractivity contribution is 6.82. The van der Waals surface area contributed by atoms with Gasteiger partial charge in [-0.2, -0.15) is 0 Å². The summed E-state index contributed by atoms with van der Waals surface area (Å²) in [5, 5.41) is 0. The van der Waals surface area contributed by atoms with Crippen LogP contribution in [0, 0.1) is 11.8 Å². The van der Waals surface area contributed by atoms with Crippen LogP contribution in [0.25, 0.3) is 0 Å². The molecule has 0 amide bonds. The summed E-state index contributed by atoms with van der Waals surface area (Å²) in [6.45, 7) is 14.3. The summed E-state index contributed by atoms with van der Waals surface area (Å²) in [7, 11) is -1.64. The highest BCUT2D eigenvalue weighted by Crippen LogP contribution is 2.42. The lowest BCUT2D eigenvalue weighted by Crippen LogP contribution is -2.51. The minimum atomic E-state index is -1.64. The molecule has 1 heterocycles. The lowest BCUT2D eigenvalue weighted by Gasteiger charge is -2.44. The zero-order valence-electron chi connectivity index (χ0n) is 15.3. The van der Waals surface area contributed by atoms with Gasteiger partial charge in [0.05, 0.1) is 0 Å². The van der Waals surface area contributed by atoms with Crippen molar-refractivity contribution in [2.24, 2.45) is 0 Å². The molecule has 0 fully saturated rings. The molecule has 0 aliphatic heterocycles. The zero-order chi connectivity index (χ0) is 17.0. The molecule has 0 saturated carbocycles. The molecular formula is C21H29NSi. The van der Waals surface area contributed by atoms with E-state index in [1.54, 1.807) is 0 Å². The van der Waals surface area contributed by atoms with Crippen LogP contribution in [0.2, 0.25) is 16.6 Å². The Hall–Kier alpha value is -1.72. The Labute approximate surface area is 142 Å². The first kappa shape index (κ1) is 17.6. The van der Waals surface area contributed by atoms with E-state index >= 15 is 0 Å². The standard InChI is InChI=1S/C21H29NSi/c1-17(2)23(18(3)4,19(5)6)22-15-14-21(16-22)13-12-20-10-8-7-9-11-20/h7-11,14-19H,1-6H3. The second kappa shape index (κ2) is 7.23. The van der Waals surface area contributed by atoms with Gasteiger partial charge in [-0.1, -0.05) is 71.6 Å². The number of rotatable bonds is 4. The van der Waals surface area contributed by atoms with Gasteiger partial charge in [-0.15, -0.1) is 0 Å². The molecule has 0 unspecified atom stereocenters. The summed E-state index contributed by atoms with van der Waals surface area (Å²) >= 11 is 0. The quantitative estimate of drug-likeness (QED) is 0.487. The van der Waals surface area contributed by atoms with Crippen molar-refractivity contribution in [1.82, 2.24) is 4.23 Å². The van der Waals surface area contributed by atoms with E-state index < -0.39 is 8.24 Å². The maximum atomic E-state index is 3.32. The molecule has 1 aromatic carbocycles. The molecule has 23 heavy (non-hydrogen) atoms. The molecule has 2 heteroatoms. The van der Waals surface area contributed by atoms with E-state index in [1.807, 2.05) is 18.2 Å². The van der Waals surface area contributed by atoms with Crippen LogP contribution in [0.1, 0.15) is 52.7 Å². The van der Waals surface area contributed by atoms with Crippen molar-refractivity contribution < 1.29 is 0 Å². The average Bonchev–Trinajstić information content (AvgIpc) is 2.94. The van der Waals surface area contributed by atoms with Gasteiger partial charge in [-0.3, -0.25) is 0 Å². The van der Waals surface area contributed by atoms with E-state index in [1.165, 1.54) is 0 Å². The zero-order valence-corrected chi connectivity index (χ0v) is 16.3. The van der Waals surface area contributed by atoms with Crippen molar-refractivity contribution in [3.8, 4) is 11.8 Å². The van der Waals surface area contributed by atoms with Gasteiger partial charge < -0.3 is 4.23 Å². The smallest absolute Gasteiger partial charge is 0.168 e. The summed E-state index contributed by atoms with van der Waals surface area (Å²) in [6, 6.07) is 12.4. The number of hydrogen-bond donors (Lipinski definition) is 0. The molecular weight excluding hydrogens is 294 g/mol. The molecule has 2 rings (SSSR count). The van der Waals surface area contributed by atoms with Crippen LogP contribution in [-0.4, -0.2) is 12.5 Å². The Kier molecular flexibility index (Phi) is 5.54. The number of aromatic nitrogens is 1. The van der Waals surface area contributed by atoms with Gasteiger partial charge in [-0.25, -0.2) is 0 Å². The van der Waals surface area contributed by atoms with E-state index in [0.29, 0.717) is 16.6 Å². The van der Waals surface area contributed by atoms with Crippen LogP contribution in [0.3, 0.4) is 0 Å². The monoisotopic (exact) mass is 323 g/mol. The highest BCUT2D eigenvalue weighted by atomic mass is 28.3. The summed E-state index contributed by atoms with van der Waals surface area (Å²) < 4.78 is 2.54. The second-order valence-electron chi connectivity index (χ2n) is 7.27. The van der Waals surface area contributed by atoms with Crippen LogP contribution in [0.15, 0.2) is 48.8 Å². The Morgan fingerprint density at radius 3 is 1.78 bits per heavy atom. The van der Waals surface area contributed by atoms with Crippen molar-refractivity contribution >= 4 is 8.24 Å². The third-order valence-corrected chi connectivity index (χ3v) is 11.8. The maximum Gasteiger partial charge on any atom is 0.168 e. The molecule has 0 spiro atoms. The van der Waals surface area contributed by atoms with Gasteiger partial charge in [-0.05, 0) is 41.0 Å². The van der Waals surface area contributed by atoms with Crippen molar-refractivity contribution in [3.63, 3.8) is 0 Å². The summed E-state index contributed by atoms with van der Waals surface area (Å²) in [5.41, 5.74) is 4.28. The first-order valence-electron chi connectivity index (χ1n) is 8.64. The molecule has 0 saturated heterocycles. The third-order valence-electron chi connectivity index (χ3n) is 5.04. The number of nitrogens with zero attached hydrogens (tertiary/aromatic N) is 1. The van der Waals surface area contributed by atoms with Crippen LogP contribution in [0.4, 0.5) is 0 Å². The molecule has 122 valence electrons. The summed E-state index contributed by atoms with van der Waals surface area (Å²) in [4.78, 5) is 0.